The molecule has 28 heavy (non-hydrogen) atoms. The maximum absolute atomic E-state index is 12.9. The largest absolute Gasteiger partial charge is 0.465 e. The minimum absolute atomic E-state index is 0.0384. The van der Waals surface area contributed by atoms with Crippen molar-refractivity contribution in [2.75, 3.05) is 32.7 Å². The first-order valence-corrected chi connectivity index (χ1v) is 10.0. The van der Waals surface area contributed by atoms with Gasteiger partial charge in [-0.1, -0.05) is 24.3 Å². The summed E-state index contributed by atoms with van der Waals surface area (Å²) < 4.78 is 0. The molecule has 3 aliphatic rings. The molecule has 0 unspecified atom stereocenters. The Hall–Kier alpha value is -2.32. The van der Waals surface area contributed by atoms with Gasteiger partial charge in [-0.15, -0.1) is 0 Å². The molecule has 152 valence electrons. The topological polar surface area (TPSA) is 96.3 Å². The summed E-state index contributed by atoms with van der Waals surface area (Å²) in [5.74, 6) is 0. The van der Waals surface area contributed by atoms with E-state index in [0.717, 1.165) is 19.5 Å². The maximum Gasteiger partial charge on any atom is 0.404 e. The first-order chi connectivity index (χ1) is 13.5. The van der Waals surface area contributed by atoms with Crippen molar-refractivity contribution in [3.05, 3.63) is 35.4 Å². The van der Waals surface area contributed by atoms with E-state index in [0.29, 0.717) is 39.0 Å². The summed E-state index contributed by atoms with van der Waals surface area (Å²) in [6, 6.07) is 8.24. The number of carboxylic acid groups (broad SMARTS) is 1. The molecule has 0 radical (unpaired) electrons. The van der Waals surface area contributed by atoms with Gasteiger partial charge in [0.15, 0.2) is 0 Å². The van der Waals surface area contributed by atoms with Crippen LogP contribution in [-0.2, 0) is 13.0 Å². The number of carbonyl (C=O) groups is 2. The Labute approximate surface area is 164 Å². The molecule has 3 heterocycles. The lowest BCUT2D eigenvalue weighted by Crippen LogP contribution is -2.50. The summed E-state index contributed by atoms with van der Waals surface area (Å²) in [4.78, 5) is 29.5. The van der Waals surface area contributed by atoms with E-state index in [-0.39, 0.29) is 18.1 Å². The highest BCUT2D eigenvalue weighted by atomic mass is 16.4. The minimum Gasteiger partial charge on any atom is -0.465 e. The van der Waals surface area contributed by atoms with Crippen LogP contribution in [0.4, 0.5) is 9.59 Å². The number of aliphatic hydroxyl groups is 1. The second-order valence-corrected chi connectivity index (χ2v) is 8.02. The molecule has 3 N–H and O–H groups in total. The number of aliphatic hydroxyl groups excluding tert-OH is 1. The molecule has 0 saturated carbocycles. The van der Waals surface area contributed by atoms with Gasteiger partial charge in [0.25, 0.3) is 0 Å². The quantitative estimate of drug-likeness (QED) is 0.701. The molecule has 3 aliphatic heterocycles. The number of hydrogen-bond donors (Lipinski definition) is 3. The van der Waals surface area contributed by atoms with Crippen LogP contribution in [0.2, 0.25) is 0 Å². The molecular formula is C20H28N4O4. The SMILES string of the molecule is O=C(O)NC1CCN(C(=O)N2C[C@@H](O)[C@H](N3CCc4ccccc4C3)C2)CC1. The Morgan fingerprint density at radius 2 is 1.71 bits per heavy atom. The average Bonchev–Trinajstić information content (AvgIpc) is 3.09. The minimum atomic E-state index is -1.02. The predicted octanol–water partition coefficient (Wildman–Crippen LogP) is 0.942. The van der Waals surface area contributed by atoms with E-state index >= 15 is 0 Å². The van der Waals surface area contributed by atoms with Gasteiger partial charge in [0, 0.05) is 45.3 Å². The van der Waals surface area contributed by atoms with Gasteiger partial charge in [0.2, 0.25) is 0 Å². The van der Waals surface area contributed by atoms with E-state index in [1.807, 2.05) is 6.07 Å². The van der Waals surface area contributed by atoms with Gasteiger partial charge in [-0.3, -0.25) is 4.90 Å². The zero-order valence-corrected chi connectivity index (χ0v) is 16.0. The van der Waals surface area contributed by atoms with Gasteiger partial charge in [-0.05, 0) is 30.4 Å². The van der Waals surface area contributed by atoms with Crippen molar-refractivity contribution in [3.8, 4) is 0 Å². The highest BCUT2D eigenvalue weighted by Gasteiger charge is 2.40. The number of benzene rings is 1. The van der Waals surface area contributed by atoms with Crippen LogP contribution in [0.1, 0.15) is 24.0 Å². The fraction of sp³-hybridized carbons (Fsp3) is 0.600. The number of nitrogens with zero attached hydrogens (tertiary/aromatic N) is 3. The van der Waals surface area contributed by atoms with Gasteiger partial charge < -0.3 is 25.3 Å². The second-order valence-electron chi connectivity index (χ2n) is 8.02. The van der Waals surface area contributed by atoms with Gasteiger partial charge >= 0.3 is 12.1 Å². The van der Waals surface area contributed by atoms with Gasteiger partial charge in [0.05, 0.1) is 12.1 Å². The lowest BCUT2D eigenvalue weighted by Gasteiger charge is -2.36. The number of urea groups is 1. The van der Waals surface area contributed by atoms with Crippen LogP contribution in [0, 0.1) is 0 Å². The molecule has 1 aromatic rings. The number of nitrogens with one attached hydrogen (secondary N) is 1. The van der Waals surface area contributed by atoms with Gasteiger partial charge in [-0.25, -0.2) is 9.59 Å². The first-order valence-electron chi connectivity index (χ1n) is 10.0. The summed E-state index contributed by atoms with van der Waals surface area (Å²) in [6.07, 6.45) is 0.665. The van der Waals surface area contributed by atoms with Crippen molar-refractivity contribution in [2.24, 2.45) is 0 Å². The third kappa shape index (κ3) is 3.93. The Morgan fingerprint density at radius 3 is 2.43 bits per heavy atom. The van der Waals surface area contributed by atoms with Crippen LogP contribution in [0.3, 0.4) is 0 Å². The molecule has 8 heteroatoms. The fourth-order valence-corrected chi connectivity index (χ4v) is 4.67. The molecular weight excluding hydrogens is 360 g/mol. The third-order valence-electron chi connectivity index (χ3n) is 6.25. The highest BCUT2D eigenvalue weighted by molar-refractivity contribution is 5.75. The third-order valence-corrected chi connectivity index (χ3v) is 6.25. The molecule has 0 spiro atoms. The maximum atomic E-state index is 12.9. The summed E-state index contributed by atoms with van der Waals surface area (Å²) >= 11 is 0. The molecule has 0 aromatic heterocycles. The molecule has 2 saturated heterocycles. The van der Waals surface area contributed by atoms with Gasteiger partial charge in [-0.2, -0.15) is 0 Å². The molecule has 4 rings (SSSR count). The number of fused-ring (bicyclic) bond motifs is 1. The Balaban J connectivity index is 1.33. The number of hydrogen-bond acceptors (Lipinski definition) is 4. The first kappa shape index (κ1) is 19.0. The summed E-state index contributed by atoms with van der Waals surface area (Å²) in [7, 11) is 0. The van der Waals surface area contributed by atoms with Crippen LogP contribution in [0.15, 0.2) is 24.3 Å². The molecule has 8 nitrogen and oxygen atoms in total. The second kappa shape index (κ2) is 7.97. The standard InChI is InChI=1S/C20H28N4O4/c25-18-13-24(20(28)22-9-6-16(7-10-22)21-19(26)27)12-17(18)23-8-5-14-3-1-2-4-15(14)11-23/h1-4,16-18,21,25H,5-13H2,(H,26,27)/t17-,18-/m1/s1. The van der Waals surface area contributed by atoms with Crippen LogP contribution < -0.4 is 5.32 Å². The van der Waals surface area contributed by atoms with Crippen molar-refractivity contribution in [1.29, 1.82) is 0 Å². The number of piperidine rings is 1. The lowest BCUT2D eigenvalue weighted by molar-refractivity contribution is 0.0745. The van der Waals surface area contributed by atoms with Crippen molar-refractivity contribution in [3.63, 3.8) is 0 Å². The van der Waals surface area contributed by atoms with Crippen LogP contribution in [-0.4, -0.2) is 87.9 Å². The summed E-state index contributed by atoms with van der Waals surface area (Å²) in [5.41, 5.74) is 2.68. The Bertz CT molecular complexity index is 735. The monoisotopic (exact) mass is 388 g/mol. The van der Waals surface area contributed by atoms with Crippen LogP contribution >= 0.6 is 0 Å². The lowest BCUT2D eigenvalue weighted by atomic mass is 9.98. The van der Waals surface area contributed by atoms with Crippen molar-refractivity contribution in [2.45, 2.75) is 44.0 Å². The normalized spacial score (nSPS) is 26.2. The van der Waals surface area contributed by atoms with Crippen molar-refractivity contribution >= 4 is 12.1 Å². The van der Waals surface area contributed by atoms with Crippen molar-refractivity contribution in [1.82, 2.24) is 20.0 Å². The average molecular weight is 388 g/mol. The van der Waals surface area contributed by atoms with E-state index in [1.54, 1.807) is 9.80 Å². The number of rotatable bonds is 2. The zero-order valence-electron chi connectivity index (χ0n) is 16.0. The van der Waals surface area contributed by atoms with Crippen molar-refractivity contribution < 1.29 is 19.8 Å². The van der Waals surface area contributed by atoms with E-state index in [1.165, 1.54) is 11.1 Å². The smallest absolute Gasteiger partial charge is 0.404 e. The Kier molecular flexibility index (Phi) is 5.41. The van der Waals surface area contributed by atoms with E-state index in [4.69, 9.17) is 5.11 Å². The van der Waals surface area contributed by atoms with Gasteiger partial charge in [0.1, 0.15) is 0 Å². The molecule has 1 aromatic carbocycles. The highest BCUT2D eigenvalue weighted by Crippen LogP contribution is 2.26. The molecule has 3 amide bonds. The zero-order chi connectivity index (χ0) is 19.7. The number of likely N-dealkylation sites (tertiary alicyclic amines) is 2. The van der Waals surface area contributed by atoms with E-state index in [2.05, 4.69) is 28.4 Å². The molecule has 2 atom stereocenters. The van der Waals surface area contributed by atoms with E-state index < -0.39 is 12.2 Å². The van der Waals surface area contributed by atoms with Crippen LogP contribution in [0.25, 0.3) is 0 Å². The number of carbonyl (C=O) groups excluding carboxylic acids is 1. The summed E-state index contributed by atoms with van der Waals surface area (Å²) in [5, 5.41) is 21.9. The predicted molar refractivity (Wildman–Crippen MR) is 103 cm³/mol. The number of amides is 3. The number of β-amino-alcohol motifs (C(OH)–C–C–N with tert-alkyl or cyclic N) is 1. The molecule has 2 fully saturated rings. The Morgan fingerprint density at radius 1 is 1.00 bits per heavy atom. The van der Waals surface area contributed by atoms with Crippen LogP contribution in [0.5, 0.6) is 0 Å². The summed E-state index contributed by atoms with van der Waals surface area (Å²) in [6.45, 7) is 3.68. The van der Waals surface area contributed by atoms with E-state index in [9.17, 15) is 14.7 Å². The fourth-order valence-electron chi connectivity index (χ4n) is 4.67. The molecule has 0 aliphatic carbocycles. The molecule has 0 bridgehead atoms.